The average Bonchev–Trinajstić information content (AvgIpc) is 3.07. The Kier molecular flexibility index (Phi) is 4.32. The van der Waals surface area contributed by atoms with E-state index in [-0.39, 0.29) is 0 Å². The van der Waals surface area contributed by atoms with Gasteiger partial charge in [-0.2, -0.15) is 0 Å². The number of nitrogens with one attached hydrogen (secondary N) is 1. The fourth-order valence-corrected chi connectivity index (χ4v) is 3.92. The number of rotatable bonds is 3. The molecule has 0 radical (unpaired) electrons. The first kappa shape index (κ1) is 17.5. The number of methoxy groups -OCH3 is 1. The Morgan fingerprint density at radius 3 is 2.33 bits per heavy atom. The third-order valence-corrected chi connectivity index (χ3v) is 5.17. The summed E-state index contributed by atoms with van der Waals surface area (Å²) < 4.78 is 7.75. The molecule has 0 fully saturated rings. The molecule has 4 rings (SSSR count). The van der Waals surface area contributed by atoms with Gasteiger partial charge in [0.05, 0.1) is 12.8 Å². The molecule has 2 heterocycles. The second kappa shape index (κ2) is 6.67. The summed E-state index contributed by atoms with van der Waals surface area (Å²) in [6, 6.07) is 12.4. The summed E-state index contributed by atoms with van der Waals surface area (Å²) >= 11 is 5.46. The number of aromatic amines is 1. The largest absolute Gasteiger partial charge is 0.497 e. The van der Waals surface area contributed by atoms with Crippen LogP contribution in [0.1, 0.15) is 16.7 Å². The number of nitrogens with zero attached hydrogens (tertiary/aromatic N) is 2. The molecule has 0 saturated heterocycles. The molecule has 0 unspecified atom stereocenters. The van der Waals surface area contributed by atoms with Crippen LogP contribution in [0.4, 0.5) is 0 Å². The van der Waals surface area contributed by atoms with E-state index in [2.05, 4.69) is 42.9 Å². The first-order chi connectivity index (χ1) is 13.0. The first-order valence-corrected chi connectivity index (χ1v) is 9.22. The van der Waals surface area contributed by atoms with Gasteiger partial charge in [-0.25, -0.2) is 4.98 Å². The zero-order chi connectivity index (χ0) is 19.1. The molecule has 27 heavy (non-hydrogen) atoms. The smallest absolute Gasteiger partial charge is 0.205 e. The summed E-state index contributed by atoms with van der Waals surface area (Å²) in [5, 5.41) is 0. The Balaban J connectivity index is 1.95. The lowest BCUT2D eigenvalue weighted by molar-refractivity contribution is 0.415. The van der Waals surface area contributed by atoms with E-state index >= 15 is 0 Å². The van der Waals surface area contributed by atoms with Gasteiger partial charge in [0, 0.05) is 23.5 Å². The third kappa shape index (κ3) is 3.04. The summed E-state index contributed by atoms with van der Waals surface area (Å²) in [4.78, 5) is 7.99. The molecule has 0 bridgehead atoms. The molecular formula is C22H21N3OS. The Morgan fingerprint density at radius 1 is 1.04 bits per heavy atom. The van der Waals surface area contributed by atoms with Gasteiger partial charge in [0.15, 0.2) is 0 Å². The summed E-state index contributed by atoms with van der Waals surface area (Å²) in [6.07, 6.45) is 3.87. The zero-order valence-electron chi connectivity index (χ0n) is 15.8. The van der Waals surface area contributed by atoms with Gasteiger partial charge in [-0.05, 0) is 61.8 Å². The lowest BCUT2D eigenvalue weighted by Gasteiger charge is -2.09. The van der Waals surface area contributed by atoms with Crippen molar-refractivity contribution in [2.45, 2.75) is 20.8 Å². The van der Waals surface area contributed by atoms with E-state index in [0.29, 0.717) is 4.77 Å². The van der Waals surface area contributed by atoms with Crippen molar-refractivity contribution in [3.63, 3.8) is 0 Å². The maximum Gasteiger partial charge on any atom is 0.205 e. The molecule has 0 aliphatic carbocycles. The molecule has 4 nitrogen and oxygen atoms in total. The molecule has 2 aromatic heterocycles. The van der Waals surface area contributed by atoms with Crippen LogP contribution in [-0.2, 0) is 0 Å². The lowest BCUT2D eigenvalue weighted by atomic mass is 9.98. The van der Waals surface area contributed by atoms with Gasteiger partial charge in [0.25, 0.3) is 0 Å². The number of ether oxygens (including phenoxy) is 1. The molecule has 0 spiro atoms. The predicted molar refractivity (Wildman–Crippen MR) is 112 cm³/mol. The Hall–Kier alpha value is -2.92. The van der Waals surface area contributed by atoms with Crippen molar-refractivity contribution < 1.29 is 4.74 Å². The first-order valence-electron chi connectivity index (χ1n) is 8.81. The molecule has 1 N–H and O–H groups in total. The molecule has 0 amide bonds. The Morgan fingerprint density at radius 2 is 1.70 bits per heavy atom. The van der Waals surface area contributed by atoms with Crippen molar-refractivity contribution in [3.05, 3.63) is 70.3 Å². The molecule has 4 aromatic rings. The minimum Gasteiger partial charge on any atom is -0.497 e. The maximum absolute atomic E-state index is 5.46. The number of aryl methyl sites for hydroxylation is 3. The van der Waals surface area contributed by atoms with E-state index in [0.717, 1.165) is 28.2 Å². The maximum atomic E-state index is 5.46. The molecule has 5 heteroatoms. The van der Waals surface area contributed by atoms with Crippen LogP contribution in [-0.4, -0.2) is 21.5 Å². The van der Waals surface area contributed by atoms with Crippen LogP contribution in [0.15, 0.2) is 48.8 Å². The second-order valence-corrected chi connectivity index (χ2v) is 7.21. The second-order valence-electron chi connectivity index (χ2n) is 6.84. The molecule has 2 aromatic carbocycles. The number of H-pyrrole nitrogens is 1. The standard InChI is InChI=1S/C22H21N3OS/c1-13-9-14(2)20(15(3)10-13)19-12-25-21(24-19)18(11-23-22(25)27)16-5-7-17(26-4)8-6-16/h5-12,24H,1-4H3. The number of hydrogen-bond donors (Lipinski definition) is 1. The molecule has 136 valence electrons. The fraction of sp³-hybridized carbons (Fsp3) is 0.182. The van der Waals surface area contributed by atoms with Crippen LogP contribution in [0.5, 0.6) is 5.75 Å². The van der Waals surface area contributed by atoms with Crippen LogP contribution in [0, 0.1) is 25.5 Å². The predicted octanol–water partition coefficient (Wildman–Crippen LogP) is 5.66. The van der Waals surface area contributed by atoms with Gasteiger partial charge in [-0.3, -0.25) is 4.40 Å². The van der Waals surface area contributed by atoms with Crippen LogP contribution in [0.3, 0.4) is 0 Å². The van der Waals surface area contributed by atoms with Crippen molar-refractivity contribution in [3.8, 4) is 28.1 Å². The van der Waals surface area contributed by atoms with Crippen molar-refractivity contribution >= 4 is 17.9 Å². The highest BCUT2D eigenvalue weighted by Gasteiger charge is 2.13. The van der Waals surface area contributed by atoms with E-state index in [1.165, 1.54) is 22.3 Å². The van der Waals surface area contributed by atoms with Gasteiger partial charge in [-0.15, -0.1) is 0 Å². The van der Waals surface area contributed by atoms with E-state index in [1.807, 2.05) is 41.1 Å². The number of hydrogen-bond acceptors (Lipinski definition) is 3. The molecular weight excluding hydrogens is 354 g/mol. The minimum absolute atomic E-state index is 0.534. The topological polar surface area (TPSA) is 42.3 Å². The van der Waals surface area contributed by atoms with Gasteiger partial charge >= 0.3 is 0 Å². The van der Waals surface area contributed by atoms with E-state index in [4.69, 9.17) is 17.0 Å². The van der Waals surface area contributed by atoms with Crippen LogP contribution in [0.2, 0.25) is 0 Å². The van der Waals surface area contributed by atoms with Crippen LogP contribution >= 0.6 is 12.2 Å². The van der Waals surface area contributed by atoms with Crippen LogP contribution in [0.25, 0.3) is 28.0 Å². The quantitative estimate of drug-likeness (QED) is 0.470. The SMILES string of the molecule is COc1ccc(-c2cnc(=S)n3cc(-c4c(C)cc(C)cc4C)[nH]c23)cc1. The van der Waals surface area contributed by atoms with Gasteiger partial charge < -0.3 is 9.72 Å². The minimum atomic E-state index is 0.534. The molecule has 0 aliphatic heterocycles. The fourth-order valence-electron chi connectivity index (χ4n) is 3.72. The lowest BCUT2D eigenvalue weighted by Crippen LogP contribution is -1.92. The highest BCUT2D eigenvalue weighted by Crippen LogP contribution is 2.31. The highest BCUT2D eigenvalue weighted by molar-refractivity contribution is 7.71. The van der Waals surface area contributed by atoms with Crippen molar-refractivity contribution in [2.75, 3.05) is 7.11 Å². The van der Waals surface area contributed by atoms with E-state index in [1.54, 1.807) is 7.11 Å². The number of imidazole rings is 1. The third-order valence-electron chi connectivity index (χ3n) is 4.86. The zero-order valence-corrected chi connectivity index (χ0v) is 16.6. The van der Waals surface area contributed by atoms with Gasteiger partial charge in [0.1, 0.15) is 11.4 Å². The summed E-state index contributed by atoms with van der Waals surface area (Å²) in [6.45, 7) is 6.41. The molecule has 0 saturated carbocycles. The van der Waals surface area contributed by atoms with Gasteiger partial charge in [0.2, 0.25) is 4.77 Å². The average molecular weight is 375 g/mol. The summed E-state index contributed by atoms with van der Waals surface area (Å²) in [5.41, 5.74) is 8.99. The van der Waals surface area contributed by atoms with Crippen molar-refractivity contribution in [2.24, 2.45) is 0 Å². The van der Waals surface area contributed by atoms with Crippen molar-refractivity contribution in [1.82, 2.24) is 14.4 Å². The Labute approximate surface area is 163 Å². The molecule has 0 aliphatic rings. The highest BCUT2D eigenvalue weighted by atomic mass is 32.1. The monoisotopic (exact) mass is 375 g/mol. The normalized spacial score (nSPS) is 11.1. The van der Waals surface area contributed by atoms with Crippen LogP contribution < -0.4 is 4.74 Å². The Bertz CT molecular complexity index is 1180. The summed E-state index contributed by atoms with van der Waals surface area (Å²) in [7, 11) is 1.67. The number of fused-ring (bicyclic) bond motifs is 1. The molecule has 0 atom stereocenters. The number of benzene rings is 2. The summed E-state index contributed by atoms with van der Waals surface area (Å²) in [5.74, 6) is 0.827. The van der Waals surface area contributed by atoms with Crippen molar-refractivity contribution in [1.29, 1.82) is 0 Å². The van der Waals surface area contributed by atoms with E-state index < -0.39 is 0 Å². The van der Waals surface area contributed by atoms with Gasteiger partial charge in [-0.1, -0.05) is 29.8 Å². The van der Waals surface area contributed by atoms with E-state index in [9.17, 15) is 0 Å². The number of aromatic nitrogens is 3.